The first-order chi connectivity index (χ1) is 10.0. The van der Waals surface area contributed by atoms with E-state index in [-0.39, 0.29) is 5.69 Å². The molecule has 110 valence electrons. The van der Waals surface area contributed by atoms with Gasteiger partial charge >= 0.3 is 5.97 Å². The molecular weight excluding hydrogens is 276 g/mol. The summed E-state index contributed by atoms with van der Waals surface area (Å²) in [5, 5.41) is 11.7. The van der Waals surface area contributed by atoms with Gasteiger partial charge in [0, 0.05) is 12.6 Å². The highest BCUT2D eigenvalue weighted by atomic mass is 19.1. The fourth-order valence-electron chi connectivity index (χ4n) is 2.11. The average molecular weight is 291 g/mol. The molecule has 2 aromatic rings. The molecule has 3 nitrogen and oxygen atoms in total. The molecule has 0 fully saturated rings. The molecule has 0 aliphatic heterocycles. The smallest absolute Gasteiger partial charge is 0.338 e. The van der Waals surface area contributed by atoms with E-state index >= 15 is 0 Å². The molecule has 2 aromatic carbocycles. The molecule has 0 heterocycles. The van der Waals surface area contributed by atoms with Crippen molar-refractivity contribution >= 4 is 11.7 Å². The molecule has 0 atom stereocenters. The van der Waals surface area contributed by atoms with Gasteiger partial charge in [-0.05, 0) is 23.6 Å². The Labute approximate surface area is 121 Å². The van der Waals surface area contributed by atoms with Gasteiger partial charge in [-0.15, -0.1) is 0 Å². The van der Waals surface area contributed by atoms with Gasteiger partial charge in [0.25, 0.3) is 0 Å². The summed E-state index contributed by atoms with van der Waals surface area (Å²) in [5.74, 6) is -3.32. The zero-order chi connectivity index (χ0) is 15.4. The molecule has 0 bridgehead atoms. The van der Waals surface area contributed by atoms with Crippen LogP contribution in [0, 0.1) is 11.6 Å². The van der Waals surface area contributed by atoms with Crippen LogP contribution in [-0.4, -0.2) is 11.1 Å². The predicted molar refractivity (Wildman–Crippen MR) is 76.5 cm³/mol. The molecule has 0 aromatic heterocycles. The maximum atomic E-state index is 13.7. The maximum absolute atomic E-state index is 13.7. The number of carboxylic acids is 1. The van der Waals surface area contributed by atoms with Crippen molar-refractivity contribution in [3.05, 3.63) is 64.7 Å². The van der Waals surface area contributed by atoms with Gasteiger partial charge in [-0.3, -0.25) is 0 Å². The Hall–Kier alpha value is -2.43. The molecule has 5 heteroatoms. The number of aromatic carboxylic acids is 1. The van der Waals surface area contributed by atoms with E-state index in [1.165, 1.54) is 0 Å². The lowest BCUT2D eigenvalue weighted by Crippen LogP contribution is -2.07. The molecule has 0 amide bonds. The number of hydrogen-bond acceptors (Lipinski definition) is 2. The minimum absolute atomic E-state index is 0.0280. The Morgan fingerprint density at radius 1 is 1.14 bits per heavy atom. The molecule has 0 aliphatic carbocycles. The zero-order valence-corrected chi connectivity index (χ0v) is 11.5. The first-order valence-corrected chi connectivity index (χ1v) is 6.56. The summed E-state index contributed by atoms with van der Waals surface area (Å²) in [6.45, 7) is 2.35. The molecule has 0 saturated heterocycles. The first-order valence-electron chi connectivity index (χ1n) is 6.56. The van der Waals surface area contributed by atoms with Crippen LogP contribution in [0.1, 0.15) is 28.4 Å². The van der Waals surface area contributed by atoms with Crippen molar-refractivity contribution in [1.29, 1.82) is 0 Å². The molecular formula is C16H15F2NO2. The highest BCUT2D eigenvalue weighted by molar-refractivity contribution is 5.89. The average Bonchev–Trinajstić information content (AvgIpc) is 2.46. The van der Waals surface area contributed by atoms with Crippen molar-refractivity contribution in [2.45, 2.75) is 19.9 Å². The fourth-order valence-corrected chi connectivity index (χ4v) is 2.11. The van der Waals surface area contributed by atoms with Gasteiger partial charge in [-0.1, -0.05) is 31.2 Å². The first kappa shape index (κ1) is 15.0. The van der Waals surface area contributed by atoms with Crippen LogP contribution in [-0.2, 0) is 13.0 Å². The van der Waals surface area contributed by atoms with Gasteiger partial charge in [0.1, 0.15) is 11.6 Å². The van der Waals surface area contributed by atoms with Gasteiger partial charge in [-0.2, -0.15) is 0 Å². The van der Waals surface area contributed by atoms with Crippen LogP contribution in [0.25, 0.3) is 0 Å². The van der Waals surface area contributed by atoms with E-state index in [2.05, 4.69) is 5.32 Å². The number of halogens is 2. The number of aryl methyl sites for hydroxylation is 1. The molecule has 0 saturated carbocycles. The lowest BCUT2D eigenvalue weighted by molar-refractivity contribution is 0.0692. The number of carbonyl (C=O) groups is 1. The monoisotopic (exact) mass is 291 g/mol. The lowest BCUT2D eigenvalue weighted by atomic mass is 10.1. The quantitative estimate of drug-likeness (QED) is 0.880. The standard InChI is InChI=1S/C16H15F2NO2/c1-2-10-5-3-4-6-11(10)9-19-15-7-12(16(20)21)13(17)8-14(15)18/h3-8,19H,2,9H2,1H3,(H,20,21). The Morgan fingerprint density at radius 2 is 1.81 bits per heavy atom. The number of anilines is 1. The van der Waals surface area contributed by atoms with Crippen molar-refractivity contribution in [1.82, 2.24) is 0 Å². The van der Waals surface area contributed by atoms with E-state index < -0.39 is 23.2 Å². The van der Waals surface area contributed by atoms with Gasteiger partial charge < -0.3 is 10.4 Å². The number of benzene rings is 2. The summed E-state index contributed by atoms with van der Waals surface area (Å²) < 4.78 is 27.0. The number of rotatable bonds is 5. The summed E-state index contributed by atoms with van der Waals surface area (Å²) >= 11 is 0. The van der Waals surface area contributed by atoms with Crippen molar-refractivity contribution < 1.29 is 18.7 Å². The van der Waals surface area contributed by atoms with Crippen molar-refractivity contribution in [2.24, 2.45) is 0 Å². The Balaban J connectivity index is 2.24. The second-order valence-electron chi connectivity index (χ2n) is 4.59. The van der Waals surface area contributed by atoms with Crippen LogP contribution in [0.5, 0.6) is 0 Å². The van der Waals surface area contributed by atoms with Crippen LogP contribution in [0.4, 0.5) is 14.5 Å². The van der Waals surface area contributed by atoms with E-state index in [1.54, 1.807) is 0 Å². The van der Waals surface area contributed by atoms with Crippen LogP contribution in [0.2, 0.25) is 0 Å². The van der Waals surface area contributed by atoms with E-state index in [9.17, 15) is 13.6 Å². The van der Waals surface area contributed by atoms with E-state index in [4.69, 9.17) is 5.11 Å². The summed E-state index contributed by atoms with van der Waals surface area (Å²) in [6.07, 6.45) is 0.837. The fraction of sp³-hybridized carbons (Fsp3) is 0.188. The predicted octanol–water partition coefficient (Wildman–Crippen LogP) is 3.84. The number of nitrogens with one attached hydrogen (secondary N) is 1. The largest absolute Gasteiger partial charge is 0.478 e. The van der Waals surface area contributed by atoms with Gasteiger partial charge in [0.2, 0.25) is 0 Å². The molecule has 0 radical (unpaired) electrons. The van der Waals surface area contributed by atoms with Crippen LogP contribution < -0.4 is 5.32 Å². The summed E-state index contributed by atoms with van der Waals surface area (Å²) in [7, 11) is 0. The summed E-state index contributed by atoms with van der Waals surface area (Å²) in [4.78, 5) is 10.9. The highest BCUT2D eigenvalue weighted by Crippen LogP contribution is 2.21. The molecule has 21 heavy (non-hydrogen) atoms. The van der Waals surface area contributed by atoms with Crippen molar-refractivity contribution in [3.8, 4) is 0 Å². The van der Waals surface area contributed by atoms with E-state index in [0.717, 1.165) is 23.6 Å². The topological polar surface area (TPSA) is 49.3 Å². The molecule has 0 unspecified atom stereocenters. The third kappa shape index (κ3) is 3.37. The molecule has 2 rings (SSSR count). The molecule has 0 aliphatic rings. The Morgan fingerprint density at radius 3 is 2.43 bits per heavy atom. The van der Waals surface area contributed by atoms with Crippen LogP contribution in [0.15, 0.2) is 36.4 Å². The second kappa shape index (κ2) is 6.35. The van der Waals surface area contributed by atoms with Gasteiger partial charge in [-0.25, -0.2) is 13.6 Å². The molecule has 2 N–H and O–H groups in total. The SMILES string of the molecule is CCc1ccccc1CNc1cc(C(=O)O)c(F)cc1F. The minimum atomic E-state index is -1.43. The molecule has 0 spiro atoms. The Bertz CT molecular complexity index is 671. The Kier molecular flexibility index (Phi) is 4.52. The van der Waals surface area contributed by atoms with Gasteiger partial charge in [0.05, 0.1) is 11.3 Å². The third-order valence-corrected chi connectivity index (χ3v) is 3.26. The van der Waals surface area contributed by atoms with Crippen molar-refractivity contribution in [3.63, 3.8) is 0 Å². The highest BCUT2D eigenvalue weighted by Gasteiger charge is 2.15. The third-order valence-electron chi connectivity index (χ3n) is 3.26. The van der Waals surface area contributed by atoms with Crippen LogP contribution in [0.3, 0.4) is 0 Å². The van der Waals surface area contributed by atoms with E-state index in [1.807, 2.05) is 31.2 Å². The normalized spacial score (nSPS) is 10.4. The van der Waals surface area contributed by atoms with Crippen LogP contribution >= 0.6 is 0 Å². The maximum Gasteiger partial charge on any atom is 0.338 e. The zero-order valence-electron chi connectivity index (χ0n) is 11.5. The van der Waals surface area contributed by atoms with Gasteiger partial charge in [0.15, 0.2) is 0 Å². The lowest BCUT2D eigenvalue weighted by Gasteiger charge is -2.12. The number of hydrogen-bond donors (Lipinski definition) is 2. The van der Waals surface area contributed by atoms with E-state index in [0.29, 0.717) is 12.6 Å². The van der Waals surface area contributed by atoms with Crippen molar-refractivity contribution in [2.75, 3.05) is 5.32 Å². The number of carboxylic acid groups (broad SMARTS) is 1. The minimum Gasteiger partial charge on any atom is -0.478 e. The summed E-state index contributed by atoms with van der Waals surface area (Å²) in [6, 6.07) is 9.23. The summed E-state index contributed by atoms with van der Waals surface area (Å²) in [5.41, 5.74) is 1.52. The second-order valence-corrected chi connectivity index (χ2v) is 4.59.